The Balaban J connectivity index is 0.870. The molecular weight excluding hydrogens is 801 g/mol. The summed E-state index contributed by atoms with van der Waals surface area (Å²) in [6.07, 6.45) is 6.16. The summed E-state index contributed by atoms with van der Waals surface area (Å²) in [5.74, 6) is -1.70. The van der Waals surface area contributed by atoms with E-state index in [1.807, 2.05) is 15.9 Å². The molecule has 2 aromatic heterocycles. The van der Waals surface area contributed by atoms with E-state index in [9.17, 15) is 37.5 Å². The van der Waals surface area contributed by atoms with Crippen LogP contribution in [0.25, 0.3) is 11.1 Å². The fourth-order valence-electron chi connectivity index (χ4n) is 10.6. The molecule has 1 unspecified atom stereocenters. The number of piperidine rings is 1. The van der Waals surface area contributed by atoms with E-state index >= 15 is 0 Å². The maximum atomic E-state index is 14.7. The average molecular weight is 848 g/mol. The number of carbonyl (C=O) groups is 6. The lowest BCUT2D eigenvalue weighted by molar-refractivity contribution is -0.138. The van der Waals surface area contributed by atoms with E-state index < -0.39 is 36.1 Å². The topological polar surface area (TPSA) is 163 Å². The Morgan fingerprint density at radius 2 is 1.53 bits per heavy atom. The van der Waals surface area contributed by atoms with E-state index in [-0.39, 0.29) is 53.3 Å². The first kappa shape index (κ1) is 39.9. The van der Waals surface area contributed by atoms with Crippen LogP contribution in [0.3, 0.4) is 0 Å². The molecule has 10 rings (SSSR count). The SMILES string of the molecule is CC(=O)N1CCc2c(c(N3CCCc4cc(-c5cnn(C)c5)c(C(F)F)cc43)nn2C2CCC(C(=O)N3CCc4cc5c(cc4C3)C(=O)N(C3CCC(=O)NC3=O)C5=O)CC2)C1. The molecule has 17 heteroatoms. The molecule has 62 heavy (non-hydrogen) atoms. The van der Waals surface area contributed by atoms with E-state index in [2.05, 4.69) is 20.0 Å². The third kappa shape index (κ3) is 6.67. The lowest BCUT2D eigenvalue weighted by Gasteiger charge is -2.35. The molecule has 0 spiro atoms. The zero-order valence-electron chi connectivity index (χ0n) is 34.7. The van der Waals surface area contributed by atoms with E-state index in [1.54, 1.807) is 49.2 Å². The lowest BCUT2D eigenvalue weighted by atomic mass is 9.84. The maximum Gasteiger partial charge on any atom is 0.264 e. The predicted molar refractivity (Wildman–Crippen MR) is 219 cm³/mol. The van der Waals surface area contributed by atoms with Crippen LogP contribution in [-0.4, -0.2) is 95.4 Å². The first-order valence-corrected chi connectivity index (χ1v) is 21.6. The van der Waals surface area contributed by atoms with Gasteiger partial charge in [-0.25, -0.2) is 8.78 Å². The fourth-order valence-corrected chi connectivity index (χ4v) is 10.6. The third-order valence-electron chi connectivity index (χ3n) is 13.9. The summed E-state index contributed by atoms with van der Waals surface area (Å²) in [5, 5.41) is 11.7. The van der Waals surface area contributed by atoms with Gasteiger partial charge in [0.2, 0.25) is 23.6 Å². The van der Waals surface area contributed by atoms with Crippen LogP contribution < -0.4 is 10.2 Å². The monoisotopic (exact) mass is 847 g/mol. The summed E-state index contributed by atoms with van der Waals surface area (Å²) in [4.78, 5) is 84.7. The van der Waals surface area contributed by atoms with Crippen molar-refractivity contribution in [3.8, 4) is 11.1 Å². The molecule has 15 nitrogen and oxygen atoms in total. The van der Waals surface area contributed by atoms with Gasteiger partial charge in [0, 0.05) is 93.2 Å². The minimum atomic E-state index is -2.70. The molecule has 0 bridgehead atoms. The number of hydrogen-bond donors (Lipinski definition) is 1. The number of amides is 6. The Morgan fingerprint density at radius 3 is 2.23 bits per heavy atom. The van der Waals surface area contributed by atoms with Crippen LogP contribution in [-0.2, 0) is 58.6 Å². The molecule has 5 aliphatic heterocycles. The van der Waals surface area contributed by atoms with Crippen LogP contribution in [0.1, 0.15) is 119 Å². The molecule has 0 radical (unpaired) electrons. The van der Waals surface area contributed by atoms with Crippen molar-refractivity contribution in [3.63, 3.8) is 0 Å². The van der Waals surface area contributed by atoms with Gasteiger partial charge in [-0.15, -0.1) is 0 Å². The number of rotatable bonds is 6. The molecule has 6 aliphatic rings. The van der Waals surface area contributed by atoms with Crippen molar-refractivity contribution in [3.05, 3.63) is 81.3 Å². The van der Waals surface area contributed by atoms with Crippen molar-refractivity contribution >= 4 is 46.9 Å². The smallest absolute Gasteiger partial charge is 0.264 e. The number of nitrogens with zero attached hydrogens (tertiary/aromatic N) is 8. The van der Waals surface area contributed by atoms with E-state index in [0.717, 1.165) is 45.7 Å². The number of aromatic nitrogens is 4. The maximum absolute atomic E-state index is 14.7. The van der Waals surface area contributed by atoms with Crippen molar-refractivity contribution in [2.24, 2.45) is 13.0 Å². The molecular formula is C45H47F2N9O6. The quantitative estimate of drug-likeness (QED) is 0.266. The Hall–Kier alpha value is -6.26. The molecule has 1 saturated heterocycles. The number of aryl methyl sites for hydroxylation is 2. The first-order valence-electron chi connectivity index (χ1n) is 21.6. The van der Waals surface area contributed by atoms with Gasteiger partial charge >= 0.3 is 0 Å². The standard InChI is InChI=1S/C45H47F2N9O6/c1-24(57)52-15-12-36-35(23-52)41(54-13-3-4-27-17-31(29-20-48-51(2)21-29)32(40(46)47)19-38(27)54)50-56(36)30-7-5-25(6-8-30)43(60)53-14-11-26-16-33-34(18-28(26)22-53)45(62)55(44(33)61)37-9-10-39(58)49-42(37)59/h16-21,25,30,37,40H,3-15,22-23H2,1-2H3,(H,49,58,59). The summed E-state index contributed by atoms with van der Waals surface area (Å²) in [5.41, 5.74) is 6.83. The summed E-state index contributed by atoms with van der Waals surface area (Å²) in [6, 6.07) is 5.85. The molecule has 4 aromatic rings. The first-order chi connectivity index (χ1) is 29.8. The molecule has 6 amide bonds. The summed E-state index contributed by atoms with van der Waals surface area (Å²) in [7, 11) is 1.76. The Kier molecular flexibility index (Phi) is 9.82. The predicted octanol–water partition coefficient (Wildman–Crippen LogP) is 4.93. The third-order valence-corrected chi connectivity index (χ3v) is 13.9. The van der Waals surface area contributed by atoms with Gasteiger partial charge in [0.1, 0.15) is 6.04 Å². The molecule has 2 fully saturated rings. The average Bonchev–Trinajstić information content (AvgIpc) is 3.94. The number of halogens is 2. The summed E-state index contributed by atoms with van der Waals surface area (Å²) >= 11 is 0. The Labute approximate surface area is 356 Å². The number of alkyl halides is 2. The molecule has 1 aliphatic carbocycles. The molecule has 1 atom stereocenters. The van der Waals surface area contributed by atoms with Gasteiger partial charge in [-0.3, -0.25) is 48.3 Å². The number of imide groups is 2. The van der Waals surface area contributed by atoms with Gasteiger partial charge in [0.15, 0.2) is 5.82 Å². The number of nitrogens with one attached hydrogen (secondary N) is 1. The van der Waals surface area contributed by atoms with E-state index in [0.29, 0.717) is 93.9 Å². The number of benzene rings is 2. The molecule has 1 N–H and O–H groups in total. The summed E-state index contributed by atoms with van der Waals surface area (Å²) in [6.45, 7) is 3.86. The lowest BCUT2D eigenvalue weighted by Crippen LogP contribution is -2.54. The van der Waals surface area contributed by atoms with Gasteiger partial charge in [-0.2, -0.15) is 10.2 Å². The minimum Gasteiger partial charge on any atom is -0.338 e. The van der Waals surface area contributed by atoms with Crippen LogP contribution in [0, 0.1) is 5.92 Å². The number of carbonyl (C=O) groups excluding carboxylic acids is 6. The van der Waals surface area contributed by atoms with Crippen LogP contribution in [0.15, 0.2) is 36.7 Å². The van der Waals surface area contributed by atoms with Gasteiger partial charge < -0.3 is 14.7 Å². The Bertz CT molecular complexity index is 2590. The number of anilines is 2. The molecule has 2 aromatic carbocycles. The highest BCUT2D eigenvalue weighted by Gasteiger charge is 2.46. The van der Waals surface area contributed by atoms with Crippen molar-refractivity contribution in [1.82, 2.24) is 39.6 Å². The highest BCUT2D eigenvalue weighted by molar-refractivity contribution is 6.23. The zero-order chi connectivity index (χ0) is 43.1. The van der Waals surface area contributed by atoms with Gasteiger partial charge in [-0.05, 0) is 97.9 Å². The fraction of sp³-hybridized carbons (Fsp3) is 0.467. The van der Waals surface area contributed by atoms with E-state index in [4.69, 9.17) is 5.10 Å². The van der Waals surface area contributed by atoms with Crippen LogP contribution in [0.4, 0.5) is 20.3 Å². The van der Waals surface area contributed by atoms with Crippen molar-refractivity contribution in [2.45, 2.75) is 103 Å². The minimum absolute atomic E-state index is 0.0137. The van der Waals surface area contributed by atoms with Crippen LogP contribution in [0.5, 0.6) is 0 Å². The molecule has 7 heterocycles. The Morgan fingerprint density at radius 1 is 0.806 bits per heavy atom. The normalized spacial score (nSPS) is 22.4. The van der Waals surface area contributed by atoms with Gasteiger partial charge in [0.05, 0.1) is 29.9 Å². The van der Waals surface area contributed by atoms with Crippen molar-refractivity contribution < 1.29 is 37.5 Å². The van der Waals surface area contributed by atoms with E-state index in [1.165, 1.54) is 0 Å². The zero-order valence-corrected chi connectivity index (χ0v) is 34.7. The summed E-state index contributed by atoms with van der Waals surface area (Å²) < 4.78 is 33.2. The second kappa shape index (κ2) is 15.3. The second-order valence-corrected chi connectivity index (χ2v) is 17.5. The molecule has 322 valence electrons. The van der Waals surface area contributed by atoms with Crippen molar-refractivity contribution in [1.29, 1.82) is 0 Å². The van der Waals surface area contributed by atoms with Gasteiger partial charge in [-0.1, -0.05) is 0 Å². The molecule has 1 saturated carbocycles. The highest BCUT2D eigenvalue weighted by Crippen LogP contribution is 2.45. The number of hydrogen-bond acceptors (Lipinski definition) is 9. The highest BCUT2D eigenvalue weighted by atomic mass is 19.3. The van der Waals surface area contributed by atoms with Crippen LogP contribution >= 0.6 is 0 Å². The van der Waals surface area contributed by atoms with Crippen LogP contribution in [0.2, 0.25) is 0 Å². The number of fused-ring (bicyclic) bond motifs is 4. The largest absolute Gasteiger partial charge is 0.338 e. The van der Waals surface area contributed by atoms with Crippen molar-refractivity contribution in [2.75, 3.05) is 24.5 Å². The van der Waals surface area contributed by atoms with Gasteiger partial charge in [0.25, 0.3) is 18.2 Å². The second-order valence-electron chi connectivity index (χ2n) is 17.5.